The van der Waals surface area contributed by atoms with E-state index in [1.165, 1.54) is 18.4 Å². The molecule has 0 bridgehead atoms. The van der Waals surface area contributed by atoms with Crippen LogP contribution in [-0.2, 0) is 20.0 Å². The summed E-state index contributed by atoms with van der Waals surface area (Å²) in [6.07, 6.45) is -0.479. The Morgan fingerprint density at radius 1 is 1.59 bits per heavy atom. The standard InChI is InChI=1S/C11H15NO4S/c1-7(14-3)9(13)10-12-8(6-17-10)11(2)15-4-5-16-11/h6-7H,4-5H2,1-3H3. The van der Waals surface area contributed by atoms with Crippen molar-refractivity contribution in [1.29, 1.82) is 0 Å². The number of thiazole rings is 1. The molecule has 0 aromatic carbocycles. The van der Waals surface area contributed by atoms with Crippen LogP contribution < -0.4 is 0 Å². The van der Waals surface area contributed by atoms with Gasteiger partial charge in [0.25, 0.3) is 0 Å². The van der Waals surface area contributed by atoms with Gasteiger partial charge in [0.15, 0.2) is 5.01 Å². The molecule has 1 fully saturated rings. The number of hydrogen-bond donors (Lipinski definition) is 0. The van der Waals surface area contributed by atoms with Crippen molar-refractivity contribution in [2.24, 2.45) is 0 Å². The zero-order chi connectivity index (χ0) is 12.5. The van der Waals surface area contributed by atoms with Gasteiger partial charge in [-0.05, 0) is 13.8 Å². The lowest BCUT2D eigenvalue weighted by Crippen LogP contribution is -2.24. The molecule has 1 saturated heterocycles. The Bertz CT molecular complexity index is 411. The highest BCUT2D eigenvalue weighted by molar-refractivity contribution is 7.11. The maximum Gasteiger partial charge on any atom is 0.219 e. The highest BCUT2D eigenvalue weighted by Gasteiger charge is 2.36. The molecular formula is C11H15NO4S. The molecule has 0 aliphatic carbocycles. The molecule has 17 heavy (non-hydrogen) atoms. The van der Waals surface area contributed by atoms with E-state index in [1.54, 1.807) is 12.3 Å². The molecule has 1 aliphatic heterocycles. The number of carbonyl (C=O) groups is 1. The van der Waals surface area contributed by atoms with Crippen molar-refractivity contribution in [3.63, 3.8) is 0 Å². The molecule has 1 aromatic rings. The first-order valence-corrected chi connectivity index (χ1v) is 6.26. The molecule has 0 N–H and O–H groups in total. The van der Waals surface area contributed by atoms with E-state index in [2.05, 4.69) is 4.98 Å². The summed E-state index contributed by atoms with van der Waals surface area (Å²) in [5.41, 5.74) is 0.645. The quantitative estimate of drug-likeness (QED) is 0.766. The molecule has 2 heterocycles. The maximum absolute atomic E-state index is 11.8. The third kappa shape index (κ3) is 2.40. The summed E-state index contributed by atoms with van der Waals surface area (Å²) in [5.74, 6) is -0.934. The SMILES string of the molecule is COC(C)C(=O)c1nc(C2(C)OCCO2)cs1. The Balaban J connectivity index is 2.18. The molecule has 0 radical (unpaired) electrons. The molecule has 94 valence electrons. The Morgan fingerprint density at radius 2 is 2.24 bits per heavy atom. The molecule has 1 unspecified atom stereocenters. The summed E-state index contributed by atoms with van der Waals surface area (Å²) >= 11 is 1.29. The van der Waals surface area contributed by atoms with E-state index in [-0.39, 0.29) is 5.78 Å². The lowest BCUT2D eigenvalue weighted by molar-refractivity contribution is -0.152. The Hall–Kier alpha value is -0.820. The molecule has 1 aromatic heterocycles. The van der Waals surface area contributed by atoms with Crippen molar-refractivity contribution < 1.29 is 19.0 Å². The first-order chi connectivity index (χ1) is 8.07. The van der Waals surface area contributed by atoms with Gasteiger partial charge in [-0.2, -0.15) is 0 Å². The third-order valence-electron chi connectivity index (χ3n) is 2.74. The van der Waals surface area contributed by atoms with E-state index >= 15 is 0 Å². The Morgan fingerprint density at radius 3 is 2.82 bits per heavy atom. The number of nitrogens with zero attached hydrogens (tertiary/aromatic N) is 1. The molecule has 1 aliphatic rings. The van der Waals surface area contributed by atoms with Crippen molar-refractivity contribution >= 4 is 17.1 Å². The summed E-state index contributed by atoms with van der Waals surface area (Å²) in [5, 5.41) is 2.22. The second-order valence-corrected chi connectivity index (χ2v) is 4.78. The predicted molar refractivity (Wildman–Crippen MR) is 62.2 cm³/mol. The minimum Gasteiger partial charge on any atom is -0.373 e. The van der Waals surface area contributed by atoms with E-state index in [9.17, 15) is 4.79 Å². The van der Waals surface area contributed by atoms with Gasteiger partial charge in [0.2, 0.25) is 11.6 Å². The van der Waals surface area contributed by atoms with Crippen molar-refractivity contribution in [3.05, 3.63) is 16.1 Å². The van der Waals surface area contributed by atoms with Crippen LogP contribution in [0.1, 0.15) is 29.3 Å². The first kappa shape index (κ1) is 12.6. The Labute approximate surface area is 104 Å². The van der Waals surface area contributed by atoms with Crippen LogP contribution in [0.15, 0.2) is 5.38 Å². The van der Waals surface area contributed by atoms with Crippen molar-refractivity contribution in [3.8, 4) is 0 Å². The van der Waals surface area contributed by atoms with E-state index in [0.29, 0.717) is 23.9 Å². The van der Waals surface area contributed by atoms with Crippen molar-refractivity contribution in [2.75, 3.05) is 20.3 Å². The fraction of sp³-hybridized carbons (Fsp3) is 0.636. The number of ether oxygens (including phenoxy) is 3. The van der Waals surface area contributed by atoms with Crippen LogP contribution in [-0.4, -0.2) is 37.2 Å². The lowest BCUT2D eigenvalue weighted by Gasteiger charge is -2.19. The molecule has 1 atom stereocenters. The summed E-state index contributed by atoms with van der Waals surface area (Å²) in [4.78, 5) is 16.1. The van der Waals surface area contributed by atoms with E-state index < -0.39 is 11.9 Å². The molecule has 2 rings (SSSR count). The molecule has 0 amide bonds. The van der Waals surface area contributed by atoms with Gasteiger partial charge in [0.1, 0.15) is 11.8 Å². The third-order valence-corrected chi connectivity index (χ3v) is 3.60. The minimum absolute atomic E-state index is 0.120. The van der Waals surface area contributed by atoms with Gasteiger partial charge in [-0.3, -0.25) is 4.79 Å². The fourth-order valence-corrected chi connectivity index (χ4v) is 2.46. The minimum atomic E-state index is -0.814. The highest BCUT2D eigenvalue weighted by Crippen LogP contribution is 2.31. The smallest absolute Gasteiger partial charge is 0.219 e. The zero-order valence-electron chi connectivity index (χ0n) is 10.1. The first-order valence-electron chi connectivity index (χ1n) is 5.38. The normalized spacial score (nSPS) is 20.4. The zero-order valence-corrected chi connectivity index (χ0v) is 10.9. The average Bonchev–Trinajstić information content (AvgIpc) is 2.96. The summed E-state index contributed by atoms with van der Waals surface area (Å²) < 4.78 is 16.0. The van der Waals surface area contributed by atoms with Gasteiger partial charge in [0.05, 0.1) is 13.2 Å². The second kappa shape index (κ2) is 4.81. The number of ketones is 1. The summed E-state index contributed by atoms with van der Waals surface area (Å²) in [6, 6.07) is 0. The molecule has 0 saturated carbocycles. The second-order valence-electron chi connectivity index (χ2n) is 3.92. The van der Waals surface area contributed by atoms with Crippen LogP contribution in [0.4, 0.5) is 0 Å². The summed E-state index contributed by atoms with van der Waals surface area (Å²) in [6.45, 7) is 4.61. The number of carbonyl (C=O) groups excluding carboxylic acids is 1. The molecule has 5 nitrogen and oxygen atoms in total. The van der Waals surface area contributed by atoms with Gasteiger partial charge in [-0.25, -0.2) is 4.98 Å². The van der Waals surface area contributed by atoms with Crippen molar-refractivity contribution in [1.82, 2.24) is 4.98 Å². The van der Waals surface area contributed by atoms with E-state index in [4.69, 9.17) is 14.2 Å². The topological polar surface area (TPSA) is 57.7 Å². The van der Waals surface area contributed by atoms with Crippen LogP contribution in [0.3, 0.4) is 0 Å². The van der Waals surface area contributed by atoms with Crippen LogP contribution in [0.25, 0.3) is 0 Å². The van der Waals surface area contributed by atoms with Crippen LogP contribution in [0.2, 0.25) is 0 Å². The summed E-state index contributed by atoms with van der Waals surface area (Å²) in [7, 11) is 1.50. The van der Waals surface area contributed by atoms with Crippen LogP contribution in [0, 0.1) is 0 Å². The predicted octanol–water partition coefficient (Wildman–Crippen LogP) is 1.58. The van der Waals surface area contributed by atoms with Crippen LogP contribution in [0.5, 0.6) is 0 Å². The maximum atomic E-state index is 11.8. The molecule has 6 heteroatoms. The van der Waals surface area contributed by atoms with Gasteiger partial charge >= 0.3 is 0 Å². The Kier molecular flexibility index (Phi) is 3.58. The van der Waals surface area contributed by atoms with Gasteiger partial charge in [-0.15, -0.1) is 11.3 Å². The van der Waals surface area contributed by atoms with Gasteiger partial charge in [-0.1, -0.05) is 0 Å². The number of rotatable bonds is 4. The number of hydrogen-bond acceptors (Lipinski definition) is 6. The molecule has 0 spiro atoms. The number of aromatic nitrogens is 1. The van der Waals surface area contributed by atoms with E-state index in [0.717, 1.165) is 0 Å². The fourth-order valence-electron chi connectivity index (χ4n) is 1.54. The van der Waals surface area contributed by atoms with Gasteiger partial charge < -0.3 is 14.2 Å². The highest BCUT2D eigenvalue weighted by atomic mass is 32.1. The number of Topliss-reactive ketones (excluding diaryl/α,β-unsaturated/α-hetero) is 1. The number of methoxy groups -OCH3 is 1. The monoisotopic (exact) mass is 257 g/mol. The van der Waals surface area contributed by atoms with Crippen LogP contribution >= 0.6 is 11.3 Å². The van der Waals surface area contributed by atoms with Crippen molar-refractivity contribution in [2.45, 2.75) is 25.7 Å². The molecular weight excluding hydrogens is 242 g/mol. The van der Waals surface area contributed by atoms with E-state index in [1.807, 2.05) is 6.92 Å². The average molecular weight is 257 g/mol. The lowest BCUT2D eigenvalue weighted by atomic mass is 10.2. The largest absolute Gasteiger partial charge is 0.373 e. The van der Waals surface area contributed by atoms with Gasteiger partial charge in [0, 0.05) is 12.5 Å².